The second-order valence-electron chi connectivity index (χ2n) is 5.36. The molecule has 0 bridgehead atoms. The summed E-state index contributed by atoms with van der Waals surface area (Å²) in [4.78, 5) is 16.2. The SMILES string of the molecule is CCC1CCC(OC(=O)c2cc(N)cnc2C)CC1. The van der Waals surface area contributed by atoms with Crippen LogP contribution in [0.5, 0.6) is 0 Å². The fourth-order valence-corrected chi connectivity index (χ4v) is 2.63. The summed E-state index contributed by atoms with van der Waals surface area (Å²) in [7, 11) is 0. The molecule has 104 valence electrons. The third-order valence-corrected chi connectivity index (χ3v) is 3.97. The first-order valence-corrected chi connectivity index (χ1v) is 7.03. The molecule has 0 radical (unpaired) electrons. The third-order valence-electron chi connectivity index (χ3n) is 3.97. The smallest absolute Gasteiger partial charge is 0.340 e. The van der Waals surface area contributed by atoms with E-state index in [1.54, 1.807) is 19.2 Å². The molecular formula is C15H22N2O2. The number of ether oxygens (including phenoxy) is 1. The molecule has 19 heavy (non-hydrogen) atoms. The van der Waals surface area contributed by atoms with Crippen molar-refractivity contribution in [1.29, 1.82) is 0 Å². The van der Waals surface area contributed by atoms with Crippen LogP contribution in [-0.2, 0) is 4.74 Å². The number of nitrogens with two attached hydrogens (primary N) is 1. The summed E-state index contributed by atoms with van der Waals surface area (Å²) in [5.41, 5.74) is 7.31. The minimum atomic E-state index is -0.294. The van der Waals surface area contributed by atoms with E-state index in [-0.39, 0.29) is 12.1 Å². The summed E-state index contributed by atoms with van der Waals surface area (Å²) in [5, 5.41) is 0. The maximum Gasteiger partial charge on any atom is 0.340 e. The van der Waals surface area contributed by atoms with Gasteiger partial charge in [0.15, 0.2) is 0 Å². The molecule has 1 heterocycles. The Morgan fingerprint density at radius 1 is 1.42 bits per heavy atom. The maximum atomic E-state index is 12.1. The molecule has 0 unspecified atom stereocenters. The van der Waals surface area contributed by atoms with E-state index in [0.29, 0.717) is 16.9 Å². The van der Waals surface area contributed by atoms with E-state index in [1.807, 2.05) is 0 Å². The van der Waals surface area contributed by atoms with Crippen LogP contribution in [0.2, 0.25) is 0 Å². The van der Waals surface area contributed by atoms with Crippen LogP contribution in [0.25, 0.3) is 0 Å². The molecule has 0 spiro atoms. The number of nitrogens with zero attached hydrogens (tertiary/aromatic N) is 1. The Bertz CT molecular complexity index is 451. The van der Waals surface area contributed by atoms with E-state index in [1.165, 1.54) is 6.42 Å². The summed E-state index contributed by atoms with van der Waals surface area (Å²) < 4.78 is 5.57. The minimum absolute atomic E-state index is 0.0520. The number of carbonyl (C=O) groups is 1. The highest BCUT2D eigenvalue weighted by Crippen LogP contribution is 2.28. The van der Waals surface area contributed by atoms with Crippen molar-refractivity contribution in [2.24, 2.45) is 5.92 Å². The lowest BCUT2D eigenvalue weighted by molar-refractivity contribution is 0.0163. The zero-order valence-corrected chi connectivity index (χ0v) is 11.7. The Morgan fingerprint density at radius 2 is 2.11 bits per heavy atom. The van der Waals surface area contributed by atoms with Gasteiger partial charge < -0.3 is 10.5 Å². The molecule has 1 aliphatic rings. The van der Waals surface area contributed by atoms with Gasteiger partial charge in [0.25, 0.3) is 0 Å². The van der Waals surface area contributed by atoms with Crippen LogP contribution in [0, 0.1) is 12.8 Å². The summed E-state index contributed by atoms with van der Waals surface area (Å²) in [6.45, 7) is 4.02. The molecule has 4 nitrogen and oxygen atoms in total. The van der Waals surface area contributed by atoms with Crippen molar-refractivity contribution in [3.8, 4) is 0 Å². The fraction of sp³-hybridized carbons (Fsp3) is 0.600. The average molecular weight is 262 g/mol. The van der Waals surface area contributed by atoms with Gasteiger partial charge >= 0.3 is 5.97 Å². The largest absolute Gasteiger partial charge is 0.459 e. The third kappa shape index (κ3) is 3.46. The standard InChI is InChI=1S/C15H22N2O2/c1-3-11-4-6-13(7-5-11)19-15(18)14-8-12(16)9-17-10(14)2/h8-9,11,13H,3-7,16H2,1-2H3. The fourth-order valence-electron chi connectivity index (χ4n) is 2.63. The molecule has 0 aromatic carbocycles. The van der Waals surface area contributed by atoms with Crippen LogP contribution in [0.1, 0.15) is 55.1 Å². The molecule has 0 amide bonds. The van der Waals surface area contributed by atoms with Crippen molar-refractivity contribution in [2.75, 3.05) is 5.73 Å². The first kappa shape index (κ1) is 13.8. The monoisotopic (exact) mass is 262 g/mol. The van der Waals surface area contributed by atoms with E-state index in [0.717, 1.165) is 31.6 Å². The van der Waals surface area contributed by atoms with Gasteiger partial charge in [-0.3, -0.25) is 4.98 Å². The van der Waals surface area contributed by atoms with Gasteiger partial charge in [-0.2, -0.15) is 0 Å². The lowest BCUT2D eigenvalue weighted by atomic mass is 9.86. The summed E-state index contributed by atoms with van der Waals surface area (Å²) >= 11 is 0. The van der Waals surface area contributed by atoms with Gasteiger partial charge in [-0.1, -0.05) is 13.3 Å². The van der Waals surface area contributed by atoms with Gasteiger partial charge in [0, 0.05) is 0 Å². The first-order chi connectivity index (χ1) is 9.10. The molecule has 0 aliphatic heterocycles. The van der Waals surface area contributed by atoms with E-state index >= 15 is 0 Å². The van der Waals surface area contributed by atoms with Gasteiger partial charge in [0.1, 0.15) is 6.10 Å². The van der Waals surface area contributed by atoms with Crippen LogP contribution >= 0.6 is 0 Å². The van der Waals surface area contributed by atoms with Gasteiger partial charge in [-0.05, 0) is 44.6 Å². The predicted octanol–water partition coefficient (Wildman–Crippen LogP) is 3.10. The second kappa shape index (κ2) is 6.04. The van der Waals surface area contributed by atoms with Gasteiger partial charge in [-0.15, -0.1) is 0 Å². The topological polar surface area (TPSA) is 65.2 Å². The minimum Gasteiger partial charge on any atom is -0.459 e. The molecule has 1 fully saturated rings. The molecule has 1 saturated carbocycles. The average Bonchev–Trinajstić information content (AvgIpc) is 2.42. The number of hydrogen-bond donors (Lipinski definition) is 1. The zero-order chi connectivity index (χ0) is 13.8. The van der Waals surface area contributed by atoms with Gasteiger partial charge in [-0.25, -0.2) is 4.79 Å². The molecule has 2 N–H and O–H groups in total. The van der Waals surface area contributed by atoms with Crippen LogP contribution in [0.15, 0.2) is 12.3 Å². The number of rotatable bonds is 3. The number of pyridine rings is 1. The molecule has 4 heteroatoms. The molecule has 1 aliphatic carbocycles. The Labute approximate surface area is 114 Å². The lowest BCUT2D eigenvalue weighted by Gasteiger charge is -2.27. The van der Waals surface area contributed by atoms with Crippen LogP contribution in [-0.4, -0.2) is 17.1 Å². The van der Waals surface area contributed by atoms with Crippen LogP contribution in [0.3, 0.4) is 0 Å². The molecule has 1 aromatic heterocycles. The van der Waals surface area contributed by atoms with E-state index in [9.17, 15) is 4.79 Å². The van der Waals surface area contributed by atoms with E-state index in [2.05, 4.69) is 11.9 Å². The van der Waals surface area contributed by atoms with Crippen LogP contribution in [0.4, 0.5) is 5.69 Å². The highest BCUT2D eigenvalue weighted by atomic mass is 16.5. The number of aromatic nitrogens is 1. The molecule has 0 atom stereocenters. The van der Waals surface area contributed by atoms with E-state index < -0.39 is 0 Å². The normalized spacial score (nSPS) is 23.1. The zero-order valence-electron chi connectivity index (χ0n) is 11.7. The Hall–Kier alpha value is -1.58. The van der Waals surface area contributed by atoms with Crippen molar-refractivity contribution in [3.63, 3.8) is 0 Å². The lowest BCUT2D eigenvalue weighted by Crippen LogP contribution is -2.24. The summed E-state index contributed by atoms with van der Waals surface area (Å²) in [6, 6.07) is 1.64. The van der Waals surface area contributed by atoms with Crippen molar-refractivity contribution in [2.45, 2.75) is 52.1 Å². The van der Waals surface area contributed by atoms with Gasteiger partial charge in [0.2, 0.25) is 0 Å². The molecule has 1 aromatic rings. The highest BCUT2D eigenvalue weighted by Gasteiger charge is 2.24. The number of anilines is 1. The maximum absolute atomic E-state index is 12.1. The van der Waals surface area contributed by atoms with Gasteiger partial charge in [0.05, 0.1) is 23.1 Å². The van der Waals surface area contributed by atoms with Crippen LogP contribution < -0.4 is 5.73 Å². The number of aryl methyl sites for hydroxylation is 1. The number of nitrogen functional groups attached to an aromatic ring is 1. The summed E-state index contributed by atoms with van der Waals surface area (Å²) in [5.74, 6) is 0.503. The predicted molar refractivity (Wildman–Crippen MR) is 74.8 cm³/mol. The Morgan fingerprint density at radius 3 is 2.74 bits per heavy atom. The number of carbonyl (C=O) groups excluding carboxylic acids is 1. The molecular weight excluding hydrogens is 240 g/mol. The van der Waals surface area contributed by atoms with Crippen molar-refractivity contribution < 1.29 is 9.53 Å². The second-order valence-corrected chi connectivity index (χ2v) is 5.36. The number of hydrogen-bond acceptors (Lipinski definition) is 4. The van der Waals surface area contributed by atoms with E-state index in [4.69, 9.17) is 10.5 Å². The molecule has 0 saturated heterocycles. The first-order valence-electron chi connectivity index (χ1n) is 7.03. The summed E-state index contributed by atoms with van der Waals surface area (Å²) in [6.07, 6.45) is 7.08. The quantitative estimate of drug-likeness (QED) is 0.850. The van der Waals surface area contributed by atoms with Crippen molar-refractivity contribution >= 4 is 11.7 Å². The Kier molecular flexibility index (Phi) is 4.40. The van der Waals surface area contributed by atoms with Crippen molar-refractivity contribution in [3.05, 3.63) is 23.5 Å². The molecule has 2 rings (SSSR count). The Balaban J connectivity index is 1.96. The highest BCUT2D eigenvalue weighted by molar-refractivity contribution is 5.91. The number of esters is 1. The van der Waals surface area contributed by atoms with Crippen molar-refractivity contribution in [1.82, 2.24) is 4.98 Å².